The van der Waals surface area contributed by atoms with Crippen LogP contribution in [0.2, 0.25) is 10.0 Å². The summed E-state index contributed by atoms with van der Waals surface area (Å²) in [4.78, 5) is 26.1. The van der Waals surface area contributed by atoms with Crippen LogP contribution in [0.5, 0.6) is 0 Å². The van der Waals surface area contributed by atoms with E-state index in [1.165, 1.54) is 17.4 Å². The zero-order valence-electron chi connectivity index (χ0n) is 16.4. The Balaban J connectivity index is 1.92. The number of hydrogen-bond acceptors (Lipinski definition) is 4. The van der Waals surface area contributed by atoms with Gasteiger partial charge in [-0.1, -0.05) is 47.5 Å². The van der Waals surface area contributed by atoms with Crippen LogP contribution in [0.3, 0.4) is 0 Å². The molecule has 3 aromatic rings. The number of thiophene rings is 1. The van der Waals surface area contributed by atoms with Crippen LogP contribution in [0, 0.1) is 6.92 Å². The molecule has 0 aliphatic carbocycles. The van der Waals surface area contributed by atoms with Crippen LogP contribution in [0.25, 0.3) is 17.2 Å². The number of benzene rings is 2. The molecule has 7 heteroatoms. The van der Waals surface area contributed by atoms with Crippen molar-refractivity contribution in [2.45, 2.75) is 13.8 Å². The molecule has 0 spiro atoms. The van der Waals surface area contributed by atoms with Gasteiger partial charge >= 0.3 is 5.97 Å². The number of nitrogens with one attached hydrogen (secondary N) is 1. The fourth-order valence-corrected chi connectivity index (χ4v) is 4.21. The molecule has 1 N–H and O–H groups in total. The lowest BCUT2D eigenvalue weighted by atomic mass is 10.0. The summed E-state index contributed by atoms with van der Waals surface area (Å²) in [6.07, 6.45) is 3.09. The molecule has 154 valence electrons. The predicted molar refractivity (Wildman–Crippen MR) is 125 cm³/mol. The van der Waals surface area contributed by atoms with Gasteiger partial charge in [0.15, 0.2) is 0 Å². The van der Waals surface area contributed by atoms with Gasteiger partial charge in [-0.2, -0.15) is 0 Å². The first-order valence-corrected chi connectivity index (χ1v) is 10.8. The summed E-state index contributed by atoms with van der Waals surface area (Å²) in [6, 6.07) is 14.3. The maximum absolute atomic E-state index is 12.7. The minimum Gasteiger partial charge on any atom is -0.462 e. The first-order valence-electron chi connectivity index (χ1n) is 9.20. The maximum atomic E-state index is 12.7. The lowest BCUT2D eigenvalue weighted by Gasteiger charge is -2.08. The van der Waals surface area contributed by atoms with E-state index < -0.39 is 5.97 Å². The highest BCUT2D eigenvalue weighted by Crippen LogP contribution is 2.40. The van der Waals surface area contributed by atoms with E-state index in [-0.39, 0.29) is 12.5 Å². The van der Waals surface area contributed by atoms with Crippen LogP contribution in [-0.2, 0) is 9.53 Å². The zero-order valence-corrected chi connectivity index (χ0v) is 18.7. The lowest BCUT2D eigenvalue weighted by Crippen LogP contribution is -2.12. The summed E-state index contributed by atoms with van der Waals surface area (Å²) in [5.41, 5.74) is 2.74. The normalized spacial score (nSPS) is 10.9. The summed E-state index contributed by atoms with van der Waals surface area (Å²) in [5.74, 6) is -0.830. The lowest BCUT2D eigenvalue weighted by molar-refractivity contribution is -0.111. The van der Waals surface area contributed by atoms with Crippen LogP contribution in [0.1, 0.15) is 27.7 Å². The van der Waals surface area contributed by atoms with Crippen LogP contribution < -0.4 is 5.32 Å². The Hall–Kier alpha value is -2.60. The second kappa shape index (κ2) is 9.94. The van der Waals surface area contributed by atoms with Crippen molar-refractivity contribution in [3.05, 3.63) is 80.7 Å². The van der Waals surface area contributed by atoms with Crippen molar-refractivity contribution in [1.82, 2.24) is 0 Å². The van der Waals surface area contributed by atoms with Crippen molar-refractivity contribution in [1.29, 1.82) is 0 Å². The number of anilines is 1. The molecule has 0 unspecified atom stereocenters. The van der Waals surface area contributed by atoms with Crippen molar-refractivity contribution >= 4 is 57.5 Å². The summed E-state index contributed by atoms with van der Waals surface area (Å²) < 4.78 is 5.25. The minimum absolute atomic E-state index is 0.234. The molecule has 0 saturated heterocycles. The van der Waals surface area contributed by atoms with Crippen LogP contribution in [-0.4, -0.2) is 18.5 Å². The summed E-state index contributed by atoms with van der Waals surface area (Å²) >= 11 is 13.2. The van der Waals surface area contributed by atoms with Crippen molar-refractivity contribution < 1.29 is 14.3 Å². The average Bonchev–Trinajstić information content (AvgIpc) is 3.04. The minimum atomic E-state index is -0.483. The highest BCUT2D eigenvalue weighted by atomic mass is 35.5. The van der Waals surface area contributed by atoms with Crippen molar-refractivity contribution in [2.24, 2.45) is 0 Å². The molecule has 0 fully saturated rings. The smallest absolute Gasteiger partial charge is 0.341 e. The van der Waals surface area contributed by atoms with Gasteiger partial charge in [-0.25, -0.2) is 4.79 Å². The molecule has 2 aromatic carbocycles. The van der Waals surface area contributed by atoms with E-state index in [1.54, 1.807) is 37.3 Å². The van der Waals surface area contributed by atoms with E-state index >= 15 is 0 Å². The number of carbonyl (C=O) groups excluding carboxylic acids is 2. The second-order valence-corrected chi connectivity index (χ2v) is 8.44. The van der Waals surface area contributed by atoms with Gasteiger partial charge in [-0.3, -0.25) is 4.79 Å². The number of aryl methyl sites for hydroxylation is 1. The van der Waals surface area contributed by atoms with Crippen LogP contribution in [0.4, 0.5) is 5.00 Å². The van der Waals surface area contributed by atoms with Gasteiger partial charge in [0, 0.05) is 26.6 Å². The van der Waals surface area contributed by atoms with E-state index in [0.29, 0.717) is 20.6 Å². The predicted octanol–water partition coefficient (Wildman–Crippen LogP) is 6.86. The molecule has 1 amide bonds. The molecule has 0 aliphatic rings. The monoisotopic (exact) mass is 459 g/mol. The molecule has 0 bridgehead atoms. The second-order valence-electron chi connectivity index (χ2n) is 6.34. The van der Waals surface area contributed by atoms with Gasteiger partial charge in [-0.05, 0) is 55.3 Å². The molecule has 0 atom stereocenters. The van der Waals surface area contributed by atoms with E-state index in [1.807, 2.05) is 31.2 Å². The van der Waals surface area contributed by atoms with E-state index in [2.05, 4.69) is 5.32 Å². The Bertz CT molecular complexity index is 1090. The van der Waals surface area contributed by atoms with Crippen LogP contribution >= 0.6 is 34.5 Å². The van der Waals surface area contributed by atoms with E-state index in [4.69, 9.17) is 27.9 Å². The first-order chi connectivity index (χ1) is 14.4. The Kier molecular flexibility index (Phi) is 7.32. The molecule has 1 aromatic heterocycles. The number of halogens is 2. The maximum Gasteiger partial charge on any atom is 0.341 e. The number of rotatable bonds is 6. The molecular formula is C23H19Cl2NO3S. The third-order valence-corrected chi connectivity index (χ3v) is 5.76. The number of ether oxygens (including phenoxy) is 1. The quantitative estimate of drug-likeness (QED) is 0.323. The van der Waals surface area contributed by atoms with Gasteiger partial charge in [-0.15, -0.1) is 11.3 Å². The Morgan fingerprint density at radius 3 is 2.23 bits per heavy atom. The topological polar surface area (TPSA) is 55.4 Å². The first kappa shape index (κ1) is 22.1. The number of esters is 1. The Morgan fingerprint density at radius 1 is 1.03 bits per heavy atom. The van der Waals surface area contributed by atoms with E-state index in [9.17, 15) is 9.59 Å². The van der Waals surface area contributed by atoms with Crippen molar-refractivity contribution in [2.75, 3.05) is 11.9 Å². The van der Waals surface area contributed by atoms with Gasteiger partial charge in [0.25, 0.3) is 0 Å². The van der Waals surface area contributed by atoms with Crippen molar-refractivity contribution in [3.8, 4) is 11.1 Å². The van der Waals surface area contributed by atoms with Crippen LogP contribution in [0.15, 0.2) is 54.6 Å². The Labute approximate surface area is 189 Å². The summed E-state index contributed by atoms with van der Waals surface area (Å²) in [6.45, 7) is 3.88. The molecule has 30 heavy (non-hydrogen) atoms. The summed E-state index contributed by atoms with van der Waals surface area (Å²) in [7, 11) is 0. The third-order valence-electron chi connectivity index (χ3n) is 4.23. The fourth-order valence-electron chi connectivity index (χ4n) is 2.89. The molecule has 1 heterocycles. The molecule has 0 aliphatic heterocycles. The van der Waals surface area contributed by atoms with E-state index in [0.717, 1.165) is 21.6 Å². The molecular weight excluding hydrogens is 441 g/mol. The molecule has 0 radical (unpaired) electrons. The number of amides is 1. The highest BCUT2D eigenvalue weighted by molar-refractivity contribution is 7.17. The molecule has 0 saturated carbocycles. The number of hydrogen-bond donors (Lipinski definition) is 1. The molecule has 3 rings (SSSR count). The average molecular weight is 460 g/mol. The third kappa shape index (κ3) is 5.30. The zero-order chi connectivity index (χ0) is 21.7. The Morgan fingerprint density at radius 2 is 1.63 bits per heavy atom. The van der Waals surface area contributed by atoms with Crippen molar-refractivity contribution in [3.63, 3.8) is 0 Å². The largest absolute Gasteiger partial charge is 0.462 e. The standard InChI is InChI=1S/C23H19Cl2NO3S/c1-3-29-23(28)21-20(16-7-11-18(25)12-8-16)14(2)30-22(21)26-19(27)13-6-15-4-9-17(24)10-5-15/h4-13H,3H2,1-2H3,(H,26,27). The number of carbonyl (C=O) groups is 2. The highest BCUT2D eigenvalue weighted by Gasteiger charge is 2.25. The van der Waals surface area contributed by atoms with Gasteiger partial charge in [0.05, 0.1) is 6.61 Å². The summed E-state index contributed by atoms with van der Waals surface area (Å²) in [5, 5.41) is 4.49. The van der Waals surface area contributed by atoms with Gasteiger partial charge in [0.2, 0.25) is 5.91 Å². The fraction of sp³-hybridized carbons (Fsp3) is 0.130. The molecule has 4 nitrogen and oxygen atoms in total. The van der Waals surface area contributed by atoms with Gasteiger partial charge < -0.3 is 10.1 Å². The van der Waals surface area contributed by atoms with Gasteiger partial charge in [0.1, 0.15) is 10.6 Å². The SMILES string of the molecule is CCOC(=O)c1c(NC(=O)C=Cc2ccc(Cl)cc2)sc(C)c1-c1ccc(Cl)cc1.